The molecule has 0 N–H and O–H groups in total. The Hall–Kier alpha value is -1.22. The van der Waals surface area contributed by atoms with E-state index in [4.69, 9.17) is 4.74 Å². The number of ketones is 1. The van der Waals surface area contributed by atoms with Crippen molar-refractivity contribution in [1.82, 2.24) is 0 Å². The number of thioether (sulfide) groups is 1. The number of carbonyl (C=O) groups excluding carboxylic acids is 1. The van der Waals surface area contributed by atoms with Crippen molar-refractivity contribution in [3.8, 4) is 0 Å². The van der Waals surface area contributed by atoms with Crippen LogP contribution in [0.5, 0.6) is 0 Å². The lowest BCUT2D eigenvalue weighted by molar-refractivity contribution is -0.117. The highest BCUT2D eigenvalue weighted by Crippen LogP contribution is 2.31. The molecule has 2 atom stereocenters. The van der Waals surface area contributed by atoms with Crippen LogP contribution >= 0.6 is 11.8 Å². The number of hydrogen-bond donors (Lipinski definition) is 0. The van der Waals surface area contributed by atoms with E-state index in [1.54, 1.807) is 11.8 Å². The van der Waals surface area contributed by atoms with Gasteiger partial charge in [0.05, 0.1) is 6.26 Å². The number of benzene rings is 1. The number of ether oxygens (including phenoxy) is 1. The standard InChI is InChI=1S/C14H16O2S/c1-2-14(13-10-11(15)8-9-16-13)17-12-6-4-3-5-7-12/h3-9,13-14H,2,10H2,1H3/t13-,14+/m1/s1. The smallest absolute Gasteiger partial charge is 0.162 e. The number of rotatable bonds is 4. The lowest BCUT2D eigenvalue weighted by Crippen LogP contribution is -2.29. The number of hydrogen-bond acceptors (Lipinski definition) is 3. The van der Waals surface area contributed by atoms with Gasteiger partial charge in [0.2, 0.25) is 0 Å². The van der Waals surface area contributed by atoms with Gasteiger partial charge < -0.3 is 4.74 Å². The zero-order chi connectivity index (χ0) is 12.1. The summed E-state index contributed by atoms with van der Waals surface area (Å²) in [6.45, 7) is 2.13. The summed E-state index contributed by atoms with van der Waals surface area (Å²) in [7, 11) is 0. The Labute approximate surface area is 106 Å². The molecule has 1 aliphatic rings. The van der Waals surface area contributed by atoms with Crippen LogP contribution in [0.2, 0.25) is 0 Å². The van der Waals surface area contributed by atoms with Crippen molar-refractivity contribution >= 4 is 17.5 Å². The Bertz CT molecular complexity index is 400. The number of allylic oxidation sites excluding steroid dienone is 1. The highest BCUT2D eigenvalue weighted by atomic mass is 32.2. The molecular weight excluding hydrogens is 232 g/mol. The summed E-state index contributed by atoms with van der Waals surface area (Å²) in [5, 5.41) is 0.325. The van der Waals surface area contributed by atoms with Crippen LogP contribution in [0.3, 0.4) is 0 Å². The average Bonchev–Trinajstić information content (AvgIpc) is 2.37. The molecule has 17 heavy (non-hydrogen) atoms. The average molecular weight is 248 g/mol. The molecule has 2 nitrogen and oxygen atoms in total. The normalized spacial score (nSPS) is 21.0. The van der Waals surface area contributed by atoms with Crippen LogP contribution in [0, 0.1) is 0 Å². The monoisotopic (exact) mass is 248 g/mol. The molecule has 0 amide bonds. The van der Waals surface area contributed by atoms with Gasteiger partial charge in [0, 0.05) is 22.6 Å². The molecule has 2 rings (SSSR count). The summed E-state index contributed by atoms with van der Waals surface area (Å²) in [6.07, 6.45) is 4.53. The van der Waals surface area contributed by atoms with E-state index in [1.807, 2.05) is 18.2 Å². The second-order valence-electron chi connectivity index (χ2n) is 4.03. The molecule has 90 valence electrons. The summed E-state index contributed by atoms with van der Waals surface area (Å²) in [4.78, 5) is 12.6. The van der Waals surface area contributed by atoms with E-state index >= 15 is 0 Å². The maximum atomic E-state index is 11.4. The third-order valence-electron chi connectivity index (χ3n) is 2.76. The summed E-state index contributed by atoms with van der Waals surface area (Å²) in [5.41, 5.74) is 0. The van der Waals surface area contributed by atoms with Gasteiger partial charge in [-0.25, -0.2) is 0 Å². The second-order valence-corrected chi connectivity index (χ2v) is 5.34. The third-order valence-corrected chi connectivity index (χ3v) is 4.24. The van der Waals surface area contributed by atoms with Crippen LogP contribution in [0.1, 0.15) is 19.8 Å². The van der Waals surface area contributed by atoms with E-state index in [1.165, 1.54) is 17.2 Å². The Morgan fingerprint density at radius 2 is 2.18 bits per heavy atom. The minimum atomic E-state index is 0.00251. The maximum absolute atomic E-state index is 11.4. The predicted molar refractivity (Wildman–Crippen MR) is 70.0 cm³/mol. The molecule has 1 aromatic carbocycles. The Balaban J connectivity index is 2.02. The van der Waals surface area contributed by atoms with Crippen LogP contribution < -0.4 is 0 Å². The van der Waals surface area contributed by atoms with Gasteiger partial charge in [-0.3, -0.25) is 4.79 Å². The van der Waals surface area contributed by atoms with Gasteiger partial charge in [-0.1, -0.05) is 25.1 Å². The van der Waals surface area contributed by atoms with Gasteiger partial charge in [-0.15, -0.1) is 11.8 Å². The minimum Gasteiger partial charge on any atom is -0.496 e. The van der Waals surface area contributed by atoms with E-state index in [2.05, 4.69) is 19.1 Å². The first-order chi connectivity index (χ1) is 8.29. The van der Waals surface area contributed by atoms with Crippen LogP contribution in [0.4, 0.5) is 0 Å². The maximum Gasteiger partial charge on any atom is 0.162 e. The molecule has 1 heterocycles. The fourth-order valence-electron chi connectivity index (χ4n) is 1.85. The Morgan fingerprint density at radius 1 is 1.41 bits per heavy atom. The molecule has 3 heteroatoms. The van der Waals surface area contributed by atoms with E-state index in [0.29, 0.717) is 11.7 Å². The molecule has 1 aromatic rings. The van der Waals surface area contributed by atoms with Crippen LogP contribution in [0.25, 0.3) is 0 Å². The highest BCUT2D eigenvalue weighted by Gasteiger charge is 2.26. The van der Waals surface area contributed by atoms with Crippen LogP contribution in [0.15, 0.2) is 47.6 Å². The van der Waals surface area contributed by atoms with Gasteiger partial charge in [0.25, 0.3) is 0 Å². The van der Waals surface area contributed by atoms with Gasteiger partial charge >= 0.3 is 0 Å². The van der Waals surface area contributed by atoms with Crippen molar-refractivity contribution in [1.29, 1.82) is 0 Å². The highest BCUT2D eigenvalue weighted by molar-refractivity contribution is 8.00. The first-order valence-electron chi connectivity index (χ1n) is 5.86. The topological polar surface area (TPSA) is 26.3 Å². The Morgan fingerprint density at radius 3 is 2.82 bits per heavy atom. The van der Waals surface area contributed by atoms with Crippen molar-refractivity contribution in [3.05, 3.63) is 42.7 Å². The summed E-state index contributed by atoms with van der Waals surface area (Å²) in [6, 6.07) is 10.2. The van der Waals surface area contributed by atoms with E-state index < -0.39 is 0 Å². The first-order valence-corrected chi connectivity index (χ1v) is 6.74. The molecule has 0 saturated carbocycles. The molecule has 0 bridgehead atoms. The van der Waals surface area contributed by atoms with Gasteiger partial charge in [0.15, 0.2) is 5.78 Å². The lowest BCUT2D eigenvalue weighted by Gasteiger charge is -2.26. The number of carbonyl (C=O) groups is 1. The summed E-state index contributed by atoms with van der Waals surface area (Å²) < 4.78 is 5.55. The summed E-state index contributed by atoms with van der Waals surface area (Å²) >= 11 is 1.79. The van der Waals surface area contributed by atoms with Crippen LogP contribution in [-0.2, 0) is 9.53 Å². The SMILES string of the molecule is CC[C@H](Sc1ccccc1)[C@H]1CC(=O)C=CO1. The quantitative estimate of drug-likeness (QED) is 0.764. The molecule has 1 aliphatic heterocycles. The van der Waals surface area contributed by atoms with Crippen LogP contribution in [-0.4, -0.2) is 17.1 Å². The van der Waals surface area contributed by atoms with E-state index in [-0.39, 0.29) is 11.9 Å². The molecule has 0 saturated heterocycles. The fourth-order valence-corrected chi connectivity index (χ4v) is 2.99. The minimum absolute atomic E-state index is 0.00251. The summed E-state index contributed by atoms with van der Waals surface area (Å²) in [5.74, 6) is 0.161. The van der Waals surface area contributed by atoms with Crippen molar-refractivity contribution in [2.45, 2.75) is 36.0 Å². The van der Waals surface area contributed by atoms with E-state index in [0.717, 1.165) is 6.42 Å². The van der Waals surface area contributed by atoms with Gasteiger partial charge in [-0.2, -0.15) is 0 Å². The van der Waals surface area contributed by atoms with E-state index in [9.17, 15) is 4.79 Å². The molecule has 0 aliphatic carbocycles. The second kappa shape index (κ2) is 5.92. The zero-order valence-electron chi connectivity index (χ0n) is 9.84. The molecule has 0 fully saturated rings. The van der Waals surface area contributed by atoms with Crippen molar-refractivity contribution < 1.29 is 9.53 Å². The lowest BCUT2D eigenvalue weighted by atomic mass is 10.1. The molecule has 0 unspecified atom stereocenters. The fraction of sp³-hybridized carbons (Fsp3) is 0.357. The van der Waals surface area contributed by atoms with Gasteiger partial charge in [0.1, 0.15) is 6.10 Å². The first kappa shape index (κ1) is 12.2. The molecular formula is C14H16O2S. The van der Waals surface area contributed by atoms with Crippen molar-refractivity contribution in [3.63, 3.8) is 0 Å². The molecule has 0 spiro atoms. The zero-order valence-corrected chi connectivity index (χ0v) is 10.7. The molecule has 0 radical (unpaired) electrons. The van der Waals surface area contributed by atoms with Crippen molar-refractivity contribution in [2.24, 2.45) is 0 Å². The molecule has 0 aromatic heterocycles. The Kier molecular flexibility index (Phi) is 4.26. The van der Waals surface area contributed by atoms with Crippen molar-refractivity contribution in [2.75, 3.05) is 0 Å². The third kappa shape index (κ3) is 3.37. The predicted octanol–water partition coefficient (Wildman–Crippen LogP) is 3.43. The van der Waals surface area contributed by atoms with Gasteiger partial charge in [-0.05, 0) is 18.6 Å². The largest absolute Gasteiger partial charge is 0.496 e.